The van der Waals surface area contributed by atoms with Crippen molar-refractivity contribution in [2.75, 3.05) is 17.2 Å². The molecule has 0 spiro atoms. The second kappa shape index (κ2) is 20.5. The molecule has 8 aromatic carbocycles. The predicted molar refractivity (Wildman–Crippen MR) is 255 cm³/mol. The minimum absolute atomic E-state index is 0. The van der Waals surface area contributed by atoms with Crippen LogP contribution in [0.3, 0.4) is 0 Å². The van der Waals surface area contributed by atoms with Gasteiger partial charge in [-0.1, -0.05) is 131 Å². The van der Waals surface area contributed by atoms with Gasteiger partial charge in [-0.05, 0) is 140 Å². The second-order valence-corrected chi connectivity index (χ2v) is 13.7. The van der Waals surface area contributed by atoms with E-state index in [1.54, 1.807) is 36.4 Å². The number of aldehydes is 3. The fourth-order valence-corrected chi connectivity index (χ4v) is 6.54. The zero-order valence-electron chi connectivity index (χ0n) is 31.0. The van der Waals surface area contributed by atoms with Gasteiger partial charge in [0, 0.05) is 33.8 Å². The van der Waals surface area contributed by atoms with Crippen LogP contribution in [0.1, 0.15) is 53.4 Å². The molecule has 60 heavy (non-hydrogen) atoms. The van der Waals surface area contributed by atoms with Crippen LogP contribution in [-0.4, -0.2) is 18.9 Å². The molecule has 0 saturated carbocycles. The Kier molecular flexibility index (Phi) is 15.4. The maximum atomic E-state index is 11.0. The van der Waals surface area contributed by atoms with E-state index in [2.05, 4.69) is 36.4 Å². The first-order valence-corrected chi connectivity index (χ1v) is 18.3. The van der Waals surface area contributed by atoms with E-state index in [-0.39, 0.29) is 22.3 Å². The molecule has 0 unspecified atom stereocenters. The van der Waals surface area contributed by atoms with Crippen molar-refractivity contribution in [1.29, 1.82) is 0 Å². The molecule has 0 atom stereocenters. The lowest BCUT2D eigenvalue weighted by molar-refractivity contribution is 0.111. The van der Waals surface area contributed by atoms with Crippen LogP contribution >= 0.6 is 0 Å². The summed E-state index contributed by atoms with van der Waals surface area (Å²) in [7, 11) is 0. The number of nitrogens with two attached hydrogens (primary N) is 3. The first kappa shape index (κ1) is 44.9. The standard InChI is InChI=1S/C27H18O3.C24H21N3.3CH4/c28-16-19-1-7-22(8-2-19)25-13-26(23-9-3-20(17-29)4-10-23)15-27(14-25)24-11-5-21(18-30)6-12-24;25-22-7-1-16(2-8-22)19-13-20(17-3-9-23(26)10-4-17)15-21(14-19)18-5-11-24(27)12-6-18;;;/h1-18H;1-15H,25-27H2;3*1H4. The largest absolute Gasteiger partial charge is 0.399 e. The predicted octanol–water partition coefficient (Wildman–Crippen LogP) is 13.5. The number of rotatable bonds is 9. The Morgan fingerprint density at radius 2 is 0.383 bits per heavy atom. The molecule has 6 heteroatoms. The molecule has 8 rings (SSSR count). The molecule has 8 aromatic rings. The molecule has 0 radical (unpaired) electrons. The highest BCUT2D eigenvalue weighted by atomic mass is 16.1. The van der Waals surface area contributed by atoms with Crippen molar-refractivity contribution in [1.82, 2.24) is 0 Å². The Morgan fingerprint density at radius 3 is 0.533 bits per heavy atom. The highest BCUT2D eigenvalue weighted by Gasteiger charge is 2.10. The van der Waals surface area contributed by atoms with Crippen LogP contribution in [0, 0.1) is 0 Å². The summed E-state index contributed by atoms with van der Waals surface area (Å²) in [5.41, 5.74) is 34.5. The number of benzene rings is 8. The zero-order valence-corrected chi connectivity index (χ0v) is 31.0. The summed E-state index contributed by atoms with van der Waals surface area (Å²) in [6.45, 7) is 0. The van der Waals surface area contributed by atoms with Gasteiger partial charge in [-0.3, -0.25) is 14.4 Å². The number of carbonyl (C=O) groups is 3. The van der Waals surface area contributed by atoms with Gasteiger partial charge in [0.15, 0.2) is 0 Å². The van der Waals surface area contributed by atoms with Crippen molar-refractivity contribution in [2.24, 2.45) is 0 Å². The molecule has 0 saturated heterocycles. The Morgan fingerprint density at radius 1 is 0.233 bits per heavy atom. The van der Waals surface area contributed by atoms with E-state index < -0.39 is 0 Å². The maximum absolute atomic E-state index is 11.0. The third-order valence-corrected chi connectivity index (χ3v) is 9.74. The molecular weight excluding hydrogens is 739 g/mol. The van der Waals surface area contributed by atoms with E-state index in [0.29, 0.717) is 16.7 Å². The second-order valence-electron chi connectivity index (χ2n) is 13.7. The van der Waals surface area contributed by atoms with E-state index in [0.717, 1.165) is 103 Å². The van der Waals surface area contributed by atoms with Gasteiger partial charge < -0.3 is 17.2 Å². The monoisotopic (exact) mass is 789 g/mol. The van der Waals surface area contributed by atoms with E-state index in [9.17, 15) is 14.4 Å². The highest BCUT2D eigenvalue weighted by Crippen LogP contribution is 2.35. The molecule has 6 N–H and O–H groups in total. The summed E-state index contributed by atoms with van der Waals surface area (Å²) in [5, 5.41) is 0. The molecule has 6 nitrogen and oxygen atoms in total. The molecule has 300 valence electrons. The van der Waals surface area contributed by atoms with Gasteiger partial charge in [0.2, 0.25) is 0 Å². The Labute approximate surface area is 354 Å². The molecule has 0 aliphatic rings. The summed E-state index contributed by atoms with van der Waals surface area (Å²) in [5.74, 6) is 0. The van der Waals surface area contributed by atoms with E-state index in [1.807, 2.05) is 109 Å². The van der Waals surface area contributed by atoms with Crippen LogP contribution in [0.2, 0.25) is 0 Å². The van der Waals surface area contributed by atoms with Crippen LogP contribution in [0.5, 0.6) is 0 Å². The quantitative estimate of drug-likeness (QED) is 0.0986. The van der Waals surface area contributed by atoms with Crippen LogP contribution < -0.4 is 17.2 Å². The molecule has 0 fully saturated rings. The van der Waals surface area contributed by atoms with Crippen molar-refractivity contribution >= 4 is 35.9 Å². The van der Waals surface area contributed by atoms with Crippen LogP contribution in [0.4, 0.5) is 17.1 Å². The highest BCUT2D eigenvalue weighted by molar-refractivity contribution is 5.85. The average Bonchev–Trinajstić information content (AvgIpc) is 3.27. The summed E-state index contributed by atoms with van der Waals surface area (Å²) < 4.78 is 0. The molecule has 0 aliphatic carbocycles. The van der Waals surface area contributed by atoms with Gasteiger partial charge in [-0.25, -0.2) is 0 Å². The van der Waals surface area contributed by atoms with Gasteiger partial charge in [0.1, 0.15) is 18.9 Å². The Hall–Kier alpha value is -7.83. The van der Waals surface area contributed by atoms with Crippen molar-refractivity contribution in [3.05, 3.63) is 199 Å². The zero-order chi connectivity index (χ0) is 39.7. The van der Waals surface area contributed by atoms with E-state index in [4.69, 9.17) is 17.2 Å². The maximum Gasteiger partial charge on any atom is 0.150 e. The summed E-state index contributed by atoms with van der Waals surface area (Å²) in [4.78, 5) is 33.0. The third-order valence-electron chi connectivity index (χ3n) is 9.74. The first-order chi connectivity index (χ1) is 27.8. The molecule has 0 heterocycles. The number of anilines is 3. The molecule has 0 aliphatic heterocycles. The minimum Gasteiger partial charge on any atom is -0.399 e. The Bertz CT molecular complexity index is 2330. The van der Waals surface area contributed by atoms with Crippen LogP contribution in [0.15, 0.2) is 182 Å². The number of hydrogen-bond acceptors (Lipinski definition) is 6. The topological polar surface area (TPSA) is 129 Å². The van der Waals surface area contributed by atoms with Crippen molar-refractivity contribution in [2.45, 2.75) is 22.3 Å². The Balaban J connectivity index is 0.000000253. The van der Waals surface area contributed by atoms with Crippen molar-refractivity contribution in [3.63, 3.8) is 0 Å². The molecule has 0 bridgehead atoms. The van der Waals surface area contributed by atoms with Gasteiger partial charge in [0.25, 0.3) is 0 Å². The molecule has 0 aromatic heterocycles. The van der Waals surface area contributed by atoms with Crippen LogP contribution in [-0.2, 0) is 0 Å². The number of hydrogen-bond donors (Lipinski definition) is 3. The fourth-order valence-electron chi connectivity index (χ4n) is 6.54. The van der Waals surface area contributed by atoms with Crippen LogP contribution in [0.25, 0.3) is 66.8 Å². The summed E-state index contributed by atoms with van der Waals surface area (Å²) in [6, 6.07) is 59.0. The average molecular weight is 790 g/mol. The van der Waals surface area contributed by atoms with Crippen molar-refractivity contribution in [3.8, 4) is 66.8 Å². The molecule has 0 amide bonds. The first-order valence-electron chi connectivity index (χ1n) is 18.3. The van der Waals surface area contributed by atoms with E-state index in [1.165, 1.54) is 0 Å². The minimum atomic E-state index is 0. The van der Waals surface area contributed by atoms with Gasteiger partial charge in [-0.15, -0.1) is 0 Å². The number of carbonyl (C=O) groups excluding carboxylic acids is 3. The lowest BCUT2D eigenvalue weighted by Crippen LogP contribution is -1.89. The normalized spacial score (nSPS) is 10.0. The third kappa shape index (κ3) is 10.8. The van der Waals surface area contributed by atoms with Gasteiger partial charge in [-0.2, -0.15) is 0 Å². The SMILES string of the molecule is C.C.C.Nc1ccc(-c2cc(-c3ccc(N)cc3)cc(-c3ccc(N)cc3)c2)cc1.O=Cc1ccc(-c2cc(-c3ccc(C=O)cc3)cc(-c3ccc(C=O)cc3)c2)cc1. The van der Waals surface area contributed by atoms with E-state index >= 15 is 0 Å². The lowest BCUT2D eigenvalue weighted by atomic mass is 9.92. The summed E-state index contributed by atoms with van der Waals surface area (Å²) in [6.07, 6.45) is 2.48. The summed E-state index contributed by atoms with van der Waals surface area (Å²) >= 11 is 0. The fraction of sp³-hybridized carbons (Fsp3) is 0.0556. The van der Waals surface area contributed by atoms with Crippen molar-refractivity contribution < 1.29 is 14.4 Å². The molecular formula is C54H51N3O3. The smallest absolute Gasteiger partial charge is 0.150 e. The van der Waals surface area contributed by atoms with Gasteiger partial charge in [0.05, 0.1) is 0 Å². The van der Waals surface area contributed by atoms with Gasteiger partial charge >= 0.3 is 0 Å². The lowest BCUT2D eigenvalue weighted by Gasteiger charge is -2.12. The number of nitrogen functional groups attached to an aromatic ring is 3.